The average molecular weight is 300 g/mol. The molecule has 1 heterocycles. The Kier molecular flexibility index (Phi) is 4.83. The van der Waals surface area contributed by atoms with E-state index >= 15 is 0 Å². The maximum absolute atomic E-state index is 5.48. The van der Waals surface area contributed by atoms with Gasteiger partial charge in [0.15, 0.2) is 0 Å². The summed E-state index contributed by atoms with van der Waals surface area (Å²) < 4.78 is 11.8. The van der Waals surface area contributed by atoms with Gasteiger partial charge in [-0.15, -0.1) is 0 Å². The molecular weight excluding hydrogens is 282 g/mol. The van der Waals surface area contributed by atoms with Gasteiger partial charge in [-0.05, 0) is 25.0 Å². The fourth-order valence-corrected chi connectivity index (χ4v) is 2.54. The van der Waals surface area contributed by atoms with Crippen molar-refractivity contribution in [1.29, 1.82) is 0 Å². The molecule has 0 aliphatic carbocycles. The smallest absolute Gasteiger partial charge is 0.0744 e. The van der Waals surface area contributed by atoms with E-state index in [0.29, 0.717) is 12.6 Å². The van der Waals surface area contributed by atoms with E-state index in [9.17, 15) is 0 Å². The van der Waals surface area contributed by atoms with Crippen molar-refractivity contribution in [2.24, 2.45) is 0 Å². The lowest BCUT2D eigenvalue weighted by atomic mass is 10.1. The van der Waals surface area contributed by atoms with Gasteiger partial charge in [0.1, 0.15) is 0 Å². The Labute approximate surface area is 111 Å². The van der Waals surface area contributed by atoms with E-state index in [0.717, 1.165) is 29.8 Å². The molecule has 1 N–H and O–H groups in total. The summed E-state index contributed by atoms with van der Waals surface area (Å²) in [5.74, 6) is 0. The topological polar surface area (TPSA) is 30.5 Å². The monoisotopic (exact) mass is 299 g/mol. The van der Waals surface area contributed by atoms with Crippen LogP contribution in [0, 0.1) is 0 Å². The number of halogens is 1. The molecule has 0 saturated carbocycles. The molecule has 1 aromatic carbocycles. The Bertz CT molecular complexity index is 364. The number of hydrogen-bond acceptors (Lipinski definition) is 3. The van der Waals surface area contributed by atoms with Crippen LogP contribution >= 0.6 is 15.9 Å². The Morgan fingerprint density at radius 3 is 3.12 bits per heavy atom. The molecule has 1 atom stereocenters. The van der Waals surface area contributed by atoms with Crippen LogP contribution in [-0.2, 0) is 16.1 Å². The van der Waals surface area contributed by atoms with Crippen LogP contribution in [0.4, 0.5) is 5.69 Å². The van der Waals surface area contributed by atoms with Gasteiger partial charge in [0, 0.05) is 35.5 Å². The van der Waals surface area contributed by atoms with E-state index in [2.05, 4.69) is 27.3 Å². The molecule has 0 spiro atoms. The summed E-state index contributed by atoms with van der Waals surface area (Å²) in [7, 11) is 1.72. The third-order valence-corrected chi connectivity index (χ3v) is 3.67. The first-order valence-electron chi connectivity index (χ1n) is 5.92. The first kappa shape index (κ1) is 12.9. The second-order valence-corrected chi connectivity index (χ2v) is 5.11. The highest BCUT2D eigenvalue weighted by atomic mass is 79.9. The van der Waals surface area contributed by atoms with Gasteiger partial charge in [0.2, 0.25) is 0 Å². The van der Waals surface area contributed by atoms with Crippen molar-refractivity contribution in [1.82, 2.24) is 0 Å². The fourth-order valence-electron chi connectivity index (χ4n) is 2.06. The van der Waals surface area contributed by atoms with Crippen LogP contribution in [0.3, 0.4) is 0 Å². The van der Waals surface area contributed by atoms with Crippen molar-refractivity contribution in [2.75, 3.05) is 25.6 Å². The number of benzene rings is 1. The largest absolute Gasteiger partial charge is 0.380 e. The summed E-state index contributed by atoms with van der Waals surface area (Å²) >= 11 is 3.56. The van der Waals surface area contributed by atoms with Crippen LogP contribution < -0.4 is 5.32 Å². The Hall–Kier alpha value is -0.580. The number of rotatable bonds is 4. The number of ether oxygens (including phenoxy) is 2. The highest BCUT2D eigenvalue weighted by Gasteiger charge is 2.15. The van der Waals surface area contributed by atoms with Crippen molar-refractivity contribution in [3.8, 4) is 0 Å². The predicted octanol–water partition coefficient (Wildman–Crippen LogP) is 3.19. The third kappa shape index (κ3) is 3.44. The quantitative estimate of drug-likeness (QED) is 0.926. The molecule has 0 aromatic heterocycles. The molecule has 1 aliphatic heterocycles. The molecular formula is C13H18BrNO2. The average Bonchev–Trinajstić information content (AvgIpc) is 2.35. The molecule has 1 unspecified atom stereocenters. The minimum Gasteiger partial charge on any atom is -0.380 e. The van der Waals surface area contributed by atoms with E-state index in [-0.39, 0.29) is 0 Å². The Morgan fingerprint density at radius 2 is 2.41 bits per heavy atom. The van der Waals surface area contributed by atoms with Gasteiger partial charge in [-0.1, -0.05) is 22.0 Å². The van der Waals surface area contributed by atoms with Gasteiger partial charge in [0.05, 0.1) is 13.2 Å². The van der Waals surface area contributed by atoms with Gasteiger partial charge in [-0.2, -0.15) is 0 Å². The van der Waals surface area contributed by atoms with Crippen LogP contribution in [0.2, 0.25) is 0 Å². The number of hydrogen-bond donors (Lipinski definition) is 1. The summed E-state index contributed by atoms with van der Waals surface area (Å²) in [6, 6.07) is 6.58. The summed E-state index contributed by atoms with van der Waals surface area (Å²) in [6.07, 6.45) is 2.30. The molecule has 1 fully saturated rings. The van der Waals surface area contributed by atoms with E-state index in [1.165, 1.54) is 12.0 Å². The van der Waals surface area contributed by atoms with Gasteiger partial charge >= 0.3 is 0 Å². The van der Waals surface area contributed by atoms with E-state index < -0.39 is 0 Å². The lowest BCUT2D eigenvalue weighted by Crippen LogP contribution is -2.30. The molecule has 1 aliphatic rings. The molecule has 17 heavy (non-hydrogen) atoms. The maximum Gasteiger partial charge on any atom is 0.0744 e. The second kappa shape index (κ2) is 6.38. The lowest BCUT2D eigenvalue weighted by Gasteiger charge is -2.25. The van der Waals surface area contributed by atoms with Crippen LogP contribution in [0.25, 0.3) is 0 Å². The molecule has 0 bridgehead atoms. The first-order chi connectivity index (χ1) is 8.31. The highest BCUT2D eigenvalue weighted by Crippen LogP contribution is 2.27. The van der Waals surface area contributed by atoms with Crippen LogP contribution in [-0.4, -0.2) is 26.4 Å². The normalized spacial score (nSPS) is 20.2. The van der Waals surface area contributed by atoms with Gasteiger partial charge in [-0.3, -0.25) is 0 Å². The van der Waals surface area contributed by atoms with Crippen molar-refractivity contribution < 1.29 is 9.47 Å². The summed E-state index contributed by atoms with van der Waals surface area (Å²) in [6.45, 7) is 2.29. The first-order valence-corrected chi connectivity index (χ1v) is 6.71. The minimum atomic E-state index is 0.411. The molecule has 0 amide bonds. The molecule has 0 radical (unpaired) electrons. The van der Waals surface area contributed by atoms with Gasteiger partial charge < -0.3 is 14.8 Å². The van der Waals surface area contributed by atoms with Gasteiger partial charge in [0.25, 0.3) is 0 Å². The Morgan fingerprint density at radius 1 is 1.53 bits per heavy atom. The Balaban J connectivity index is 2.10. The fraction of sp³-hybridized carbons (Fsp3) is 0.538. The number of anilines is 1. The minimum absolute atomic E-state index is 0.411. The van der Waals surface area contributed by atoms with E-state index in [1.807, 2.05) is 12.1 Å². The van der Waals surface area contributed by atoms with Crippen LogP contribution in [0.15, 0.2) is 22.7 Å². The zero-order chi connectivity index (χ0) is 12.1. The highest BCUT2D eigenvalue weighted by molar-refractivity contribution is 9.10. The van der Waals surface area contributed by atoms with E-state index in [4.69, 9.17) is 9.47 Å². The molecule has 1 aromatic rings. The lowest BCUT2D eigenvalue weighted by molar-refractivity contribution is 0.0875. The van der Waals surface area contributed by atoms with Crippen LogP contribution in [0.5, 0.6) is 0 Å². The zero-order valence-corrected chi connectivity index (χ0v) is 11.6. The standard InChI is InChI=1S/C13H18BrNO2/c1-16-9-11-12(14)5-2-6-13(11)15-10-4-3-7-17-8-10/h2,5-6,10,15H,3-4,7-9H2,1H3. The summed E-state index contributed by atoms with van der Waals surface area (Å²) in [5, 5.41) is 3.54. The molecule has 94 valence electrons. The van der Waals surface area contributed by atoms with Crippen molar-refractivity contribution in [2.45, 2.75) is 25.5 Å². The van der Waals surface area contributed by atoms with Crippen molar-refractivity contribution in [3.05, 3.63) is 28.2 Å². The summed E-state index contributed by atoms with van der Waals surface area (Å²) in [5.41, 5.74) is 2.30. The third-order valence-electron chi connectivity index (χ3n) is 2.93. The molecule has 2 rings (SSSR count). The second-order valence-electron chi connectivity index (χ2n) is 4.26. The maximum atomic E-state index is 5.48. The van der Waals surface area contributed by atoms with E-state index in [1.54, 1.807) is 7.11 Å². The molecule has 1 saturated heterocycles. The number of methoxy groups -OCH3 is 1. The zero-order valence-electron chi connectivity index (χ0n) is 10.0. The molecule has 3 nitrogen and oxygen atoms in total. The SMILES string of the molecule is COCc1c(Br)cccc1NC1CCCOC1. The molecule has 4 heteroatoms. The van der Waals surface area contributed by atoms with Crippen molar-refractivity contribution in [3.63, 3.8) is 0 Å². The predicted molar refractivity (Wildman–Crippen MR) is 72.3 cm³/mol. The van der Waals surface area contributed by atoms with Gasteiger partial charge in [-0.25, -0.2) is 0 Å². The van der Waals surface area contributed by atoms with Crippen molar-refractivity contribution >= 4 is 21.6 Å². The number of nitrogens with one attached hydrogen (secondary N) is 1. The summed E-state index contributed by atoms with van der Waals surface area (Å²) in [4.78, 5) is 0. The van der Waals surface area contributed by atoms with Crippen LogP contribution in [0.1, 0.15) is 18.4 Å².